The molecule has 4 nitrogen and oxygen atoms in total. The molecule has 3 N–H and O–H groups in total. The number of hydrogen-bond donors (Lipinski definition) is 2. The van der Waals surface area contributed by atoms with Crippen molar-refractivity contribution in [1.82, 2.24) is 0 Å². The van der Waals surface area contributed by atoms with E-state index < -0.39 is 0 Å². The smallest absolute Gasteiger partial charge is 0.0947 e. The van der Waals surface area contributed by atoms with Crippen LogP contribution in [-0.2, 0) is 16.1 Å². The van der Waals surface area contributed by atoms with Gasteiger partial charge in [-0.05, 0) is 17.5 Å². The van der Waals surface area contributed by atoms with E-state index in [-0.39, 0.29) is 12.7 Å². The van der Waals surface area contributed by atoms with Gasteiger partial charge in [-0.1, -0.05) is 24.3 Å². The third-order valence-electron chi connectivity index (χ3n) is 2.47. The summed E-state index contributed by atoms with van der Waals surface area (Å²) < 4.78 is 10.7. The van der Waals surface area contributed by atoms with E-state index in [9.17, 15) is 0 Å². The average molecular weight is 239 g/mol. The number of aliphatic hydroxyl groups is 1. The van der Waals surface area contributed by atoms with Gasteiger partial charge in [0.15, 0.2) is 0 Å². The molecule has 0 spiro atoms. The second kappa shape index (κ2) is 8.20. The van der Waals surface area contributed by atoms with E-state index in [0.29, 0.717) is 26.2 Å². The summed E-state index contributed by atoms with van der Waals surface area (Å²) in [5, 5.41) is 8.71. The molecule has 1 unspecified atom stereocenters. The van der Waals surface area contributed by atoms with Crippen molar-refractivity contribution >= 4 is 0 Å². The molecule has 0 aliphatic heterocycles. The molecule has 4 heteroatoms. The predicted octanol–water partition coefficient (Wildman–Crippen LogP) is 1.23. The zero-order valence-corrected chi connectivity index (χ0v) is 10.3. The van der Waals surface area contributed by atoms with Crippen molar-refractivity contribution in [3.8, 4) is 0 Å². The molecule has 0 fully saturated rings. The van der Waals surface area contributed by atoms with Crippen LogP contribution in [0.2, 0.25) is 0 Å². The first-order valence-electron chi connectivity index (χ1n) is 5.82. The second-order valence-electron chi connectivity index (χ2n) is 3.85. The Morgan fingerprint density at radius 1 is 1.41 bits per heavy atom. The SMILES string of the molecule is COCc1cccc(C(CN)OCCCO)c1. The molecular weight excluding hydrogens is 218 g/mol. The minimum absolute atomic E-state index is 0.113. The van der Waals surface area contributed by atoms with Crippen molar-refractivity contribution in [2.45, 2.75) is 19.1 Å². The number of nitrogens with two attached hydrogens (primary N) is 1. The highest BCUT2D eigenvalue weighted by Gasteiger charge is 2.10. The van der Waals surface area contributed by atoms with Gasteiger partial charge in [0.2, 0.25) is 0 Å². The molecular formula is C13H21NO3. The molecule has 96 valence electrons. The normalized spacial score (nSPS) is 12.6. The van der Waals surface area contributed by atoms with Crippen molar-refractivity contribution < 1.29 is 14.6 Å². The number of aliphatic hydroxyl groups excluding tert-OH is 1. The number of benzene rings is 1. The van der Waals surface area contributed by atoms with Crippen LogP contribution in [0.3, 0.4) is 0 Å². The summed E-state index contributed by atoms with van der Waals surface area (Å²) in [7, 11) is 1.67. The van der Waals surface area contributed by atoms with Crippen LogP contribution in [0.1, 0.15) is 23.7 Å². The molecule has 0 amide bonds. The Kier molecular flexibility index (Phi) is 6.81. The summed E-state index contributed by atoms with van der Waals surface area (Å²) >= 11 is 0. The summed E-state index contributed by atoms with van der Waals surface area (Å²) in [5.41, 5.74) is 7.85. The second-order valence-corrected chi connectivity index (χ2v) is 3.85. The molecule has 0 radical (unpaired) electrons. The van der Waals surface area contributed by atoms with Crippen LogP contribution in [-0.4, -0.2) is 32.0 Å². The molecule has 0 aliphatic rings. The van der Waals surface area contributed by atoms with Crippen LogP contribution in [0.25, 0.3) is 0 Å². The van der Waals surface area contributed by atoms with Crippen LogP contribution in [0, 0.1) is 0 Å². The molecule has 0 saturated carbocycles. The van der Waals surface area contributed by atoms with E-state index in [1.54, 1.807) is 7.11 Å². The minimum atomic E-state index is -0.113. The monoisotopic (exact) mass is 239 g/mol. The van der Waals surface area contributed by atoms with Gasteiger partial charge in [0.25, 0.3) is 0 Å². The van der Waals surface area contributed by atoms with Crippen molar-refractivity contribution in [1.29, 1.82) is 0 Å². The molecule has 0 bridgehead atoms. The summed E-state index contributed by atoms with van der Waals surface area (Å²) in [5.74, 6) is 0. The fourth-order valence-corrected chi connectivity index (χ4v) is 1.64. The lowest BCUT2D eigenvalue weighted by Gasteiger charge is -2.17. The van der Waals surface area contributed by atoms with Crippen LogP contribution in [0.5, 0.6) is 0 Å². The van der Waals surface area contributed by atoms with Gasteiger partial charge in [-0.25, -0.2) is 0 Å². The van der Waals surface area contributed by atoms with Crippen molar-refractivity contribution in [2.24, 2.45) is 5.73 Å². The molecule has 0 aliphatic carbocycles. The Labute approximate surface area is 102 Å². The molecule has 1 aromatic carbocycles. The lowest BCUT2D eigenvalue weighted by Crippen LogP contribution is -2.17. The molecule has 1 atom stereocenters. The van der Waals surface area contributed by atoms with Gasteiger partial charge in [-0.15, -0.1) is 0 Å². The highest BCUT2D eigenvalue weighted by molar-refractivity contribution is 5.25. The Morgan fingerprint density at radius 2 is 2.24 bits per heavy atom. The Morgan fingerprint density at radius 3 is 2.88 bits per heavy atom. The summed E-state index contributed by atoms with van der Waals surface area (Å²) in [4.78, 5) is 0. The van der Waals surface area contributed by atoms with Crippen molar-refractivity contribution in [2.75, 3.05) is 26.9 Å². The van der Waals surface area contributed by atoms with Crippen molar-refractivity contribution in [3.63, 3.8) is 0 Å². The maximum Gasteiger partial charge on any atom is 0.0947 e. The summed E-state index contributed by atoms with van der Waals surface area (Å²) in [6.45, 7) is 1.68. The first kappa shape index (κ1) is 14.1. The highest BCUT2D eigenvalue weighted by Crippen LogP contribution is 2.18. The zero-order chi connectivity index (χ0) is 12.5. The molecule has 1 aromatic rings. The van der Waals surface area contributed by atoms with Crippen LogP contribution in [0.4, 0.5) is 0 Å². The first-order chi connectivity index (χ1) is 8.31. The topological polar surface area (TPSA) is 64.7 Å². The molecule has 0 saturated heterocycles. The highest BCUT2D eigenvalue weighted by atomic mass is 16.5. The van der Waals surface area contributed by atoms with E-state index >= 15 is 0 Å². The van der Waals surface area contributed by atoms with Gasteiger partial charge < -0.3 is 20.3 Å². The van der Waals surface area contributed by atoms with Gasteiger partial charge in [0, 0.05) is 26.9 Å². The van der Waals surface area contributed by atoms with Gasteiger partial charge in [0.1, 0.15) is 0 Å². The number of ether oxygens (including phenoxy) is 2. The van der Waals surface area contributed by atoms with E-state index in [4.69, 9.17) is 20.3 Å². The third kappa shape index (κ3) is 4.83. The summed E-state index contributed by atoms with van der Waals surface area (Å²) in [6, 6.07) is 8.02. The largest absolute Gasteiger partial charge is 0.396 e. The molecule has 0 heterocycles. The van der Waals surface area contributed by atoms with Crippen LogP contribution >= 0.6 is 0 Å². The maximum atomic E-state index is 8.71. The Hall–Kier alpha value is -0.940. The van der Waals surface area contributed by atoms with E-state index in [0.717, 1.165) is 11.1 Å². The summed E-state index contributed by atoms with van der Waals surface area (Å²) in [6.07, 6.45) is 0.521. The predicted molar refractivity (Wildman–Crippen MR) is 66.6 cm³/mol. The molecule has 17 heavy (non-hydrogen) atoms. The van der Waals surface area contributed by atoms with Gasteiger partial charge in [-0.3, -0.25) is 0 Å². The van der Waals surface area contributed by atoms with Gasteiger partial charge in [-0.2, -0.15) is 0 Å². The lowest BCUT2D eigenvalue weighted by atomic mass is 10.1. The Bertz CT molecular complexity index is 317. The van der Waals surface area contributed by atoms with Gasteiger partial charge in [0.05, 0.1) is 12.7 Å². The zero-order valence-electron chi connectivity index (χ0n) is 10.3. The minimum Gasteiger partial charge on any atom is -0.396 e. The fraction of sp³-hybridized carbons (Fsp3) is 0.538. The number of hydrogen-bond acceptors (Lipinski definition) is 4. The average Bonchev–Trinajstić information content (AvgIpc) is 2.35. The maximum absolute atomic E-state index is 8.71. The number of rotatable bonds is 8. The molecule has 0 aromatic heterocycles. The molecule has 1 rings (SSSR count). The van der Waals surface area contributed by atoms with Crippen LogP contribution < -0.4 is 5.73 Å². The van der Waals surface area contributed by atoms with Gasteiger partial charge >= 0.3 is 0 Å². The van der Waals surface area contributed by atoms with Crippen LogP contribution in [0.15, 0.2) is 24.3 Å². The quantitative estimate of drug-likeness (QED) is 0.670. The third-order valence-corrected chi connectivity index (χ3v) is 2.47. The standard InChI is InChI=1S/C13H21NO3/c1-16-10-11-4-2-5-12(8-11)13(9-14)17-7-3-6-15/h2,4-5,8,13,15H,3,6-7,9-10,14H2,1H3. The van der Waals surface area contributed by atoms with E-state index in [2.05, 4.69) is 0 Å². The van der Waals surface area contributed by atoms with E-state index in [1.165, 1.54) is 0 Å². The fourth-order valence-electron chi connectivity index (χ4n) is 1.64. The first-order valence-corrected chi connectivity index (χ1v) is 5.82. The Balaban J connectivity index is 2.63. The van der Waals surface area contributed by atoms with Crippen molar-refractivity contribution in [3.05, 3.63) is 35.4 Å². The lowest BCUT2D eigenvalue weighted by molar-refractivity contribution is 0.0487. The van der Waals surface area contributed by atoms with E-state index in [1.807, 2.05) is 24.3 Å². The number of methoxy groups -OCH3 is 1.